The Morgan fingerprint density at radius 1 is 1.33 bits per heavy atom. The van der Waals surface area contributed by atoms with Crippen LogP contribution in [0, 0.1) is 6.92 Å². The lowest BCUT2D eigenvalue weighted by Crippen LogP contribution is -2.12. The van der Waals surface area contributed by atoms with E-state index in [1.807, 2.05) is 25.1 Å². The summed E-state index contributed by atoms with van der Waals surface area (Å²) in [5.74, 6) is -0.208. The van der Waals surface area contributed by atoms with Gasteiger partial charge in [0.2, 0.25) is 0 Å². The second kappa shape index (κ2) is 5.50. The molecule has 0 fully saturated rings. The Bertz CT molecular complexity index is 584. The molecule has 2 aromatic rings. The summed E-state index contributed by atoms with van der Waals surface area (Å²) in [4.78, 5) is 15.9. The van der Waals surface area contributed by atoms with Gasteiger partial charge in [-0.15, -0.1) is 0 Å². The molecule has 1 aromatic heterocycles. The predicted molar refractivity (Wildman–Crippen MR) is 76.1 cm³/mol. The average Bonchev–Trinajstić information content (AvgIpc) is 2.34. The van der Waals surface area contributed by atoms with Crippen LogP contribution in [0.15, 0.2) is 41.0 Å². The summed E-state index contributed by atoms with van der Waals surface area (Å²) in [5, 5.41) is 3.20. The summed E-state index contributed by atoms with van der Waals surface area (Å²) in [6, 6.07) is 8.94. The number of rotatable bonds is 2. The fraction of sp³-hybridized carbons (Fsp3) is 0.0769. The Balaban J connectivity index is 2.21. The van der Waals surface area contributed by atoms with E-state index in [1.165, 1.54) is 6.20 Å². The highest BCUT2D eigenvalue weighted by atomic mass is 79.9. The molecular weight excluding hydrogens is 316 g/mol. The van der Waals surface area contributed by atoms with E-state index in [0.29, 0.717) is 10.7 Å². The molecule has 0 aliphatic rings. The number of carbonyl (C=O) groups excluding carboxylic acids is 1. The molecule has 1 amide bonds. The second-order valence-corrected chi connectivity index (χ2v) is 5.09. The molecule has 2 rings (SSSR count). The Morgan fingerprint density at radius 3 is 2.78 bits per heavy atom. The van der Waals surface area contributed by atoms with Crippen LogP contribution in [0.1, 0.15) is 15.9 Å². The predicted octanol–water partition coefficient (Wildman–Crippen LogP) is 4.06. The van der Waals surface area contributed by atoms with E-state index in [-0.39, 0.29) is 5.91 Å². The van der Waals surface area contributed by atoms with Gasteiger partial charge in [0.1, 0.15) is 5.15 Å². The summed E-state index contributed by atoms with van der Waals surface area (Å²) in [7, 11) is 0. The van der Waals surface area contributed by atoms with E-state index in [0.717, 1.165) is 15.7 Å². The topological polar surface area (TPSA) is 42.0 Å². The van der Waals surface area contributed by atoms with Crippen LogP contribution in [0.3, 0.4) is 0 Å². The minimum Gasteiger partial charge on any atom is -0.322 e. The van der Waals surface area contributed by atoms with Gasteiger partial charge >= 0.3 is 0 Å². The van der Waals surface area contributed by atoms with Crippen LogP contribution >= 0.6 is 27.5 Å². The number of hydrogen-bond donors (Lipinski definition) is 1. The maximum absolute atomic E-state index is 12.0. The van der Waals surface area contributed by atoms with Gasteiger partial charge in [-0.2, -0.15) is 0 Å². The minimum absolute atomic E-state index is 0.208. The summed E-state index contributed by atoms with van der Waals surface area (Å²) >= 11 is 9.04. The lowest BCUT2D eigenvalue weighted by molar-refractivity contribution is 0.102. The number of anilines is 1. The molecule has 92 valence electrons. The molecule has 1 heterocycles. The van der Waals surface area contributed by atoms with Crippen LogP contribution in [-0.4, -0.2) is 10.9 Å². The highest BCUT2D eigenvalue weighted by Crippen LogP contribution is 2.21. The normalized spacial score (nSPS) is 10.2. The fourth-order valence-electron chi connectivity index (χ4n) is 1.43. The largest absolute Gasteiger partial charge is 0.322 e. The number of aromatic nitrogens is 1. The van der Waals surface area contributed by atoms with Gasteiger partial charge in [0, 0.05) is 16.4 Å². The van der Waals surface area contributed by atoms with Gasteiger partial charge in [0.15, 0.2) is 0 Å². The molecule has 1 aromatic carbocycles. The number of aryl methyl sites for hydroxylation is 1. The number of pyridine rings is 1. The van der Waals surface area contributed by atoms with Gasteiger partial charge in [-0.25, -0.2) is 4.98 Å². The maximum Gasteiger partial charge on any atom is 0.257 e. The molecule has 0 atom stereocenters. The Kier molecular flexibility index (Phi) is 3.99. The van der Waals surface area contributed by atoms with Crippen molar-refractivity contribution >= 4 is 39.1 Å². The number of amides is 1. The average molecular weight is 326 g/mol. The van der Waals surface area contributed by atoms with Gasteiger partial charge < -0.3 is 5.32 Å². The standard InChI is InChI=1S/C13H10BrClN2O/c1-8-2-4-10(14)6-11(8)17-13(18)9-3-5-12(15)16-7-9/h2-7H,1H3,(H,17,18). The zero-order chi connectivity index (χ0) is 13.1. The molecule has 0 saturated carbocycles. The highest BCUT2D eigenvalue weighted by molar-refractivity contribution is 9.10. The van der Waals surface area contributed by atoms with Crippen molar-refractivity contribution in [3.63, 3.8) is 0 Å². The van der Waals surface area contributed by atoms with Crippen molar-refractivity contribution in [2.45, 2.75) is 6.92 Å². The van der Waals surface area contributed by atoms with E-state index in [4.69, 9.17) is 11.6 Å². The van der Waals surface area contributed by atoms with Crippen molar-refractivity contribution < 1.29 is 4.79 Å². The molecule has 0 aliphatic heterocycles. The summed E-state index contributed by atoms with van der Waals surface area (Å²) in [6.45, 7) is 1.93. The SMILES string of the molecule is Cc1ccc(Br)cc1NC(=O)c1ccc(Cl)nc1. The molecule has 3 nitrogen and oxygen atoms in total. The molecule has 0 unspecified atom stereocenters. The zero-order valence-corrected chi connectivity index (χ0v) is 11.9. The van der Waals surface area contributed by atoms with Crippen LogP contribution in [0.25, 0.3) is 0 Å². The van der Waals surface area contributed by atoms with Crippen molar-refractivity contribution in [3.8, 4) is 0 Å². The molecule has 0 aliphatic carbocycles. The first-order chi connectivity index (χ1) is 8.56. The van der Waals surface area contributed by atoms with E-state index in [1.54, 1.807) is 12.1 Å². The first kappa shape index (κ1) is 13.1. The number of nitrogens with zero attached hydrogens (tertiary/aromatic N) is 1. The quantitative estimate of drug-likeness (QED) is 0.846. The van der Waals surface area contributed by atoms with E-state index in [2.05, 4.69) is 26.2 Å². The van der Waals surface area contributed by atoms with Gasteiger partial charge in [-0.05, 0) is 36.8 Å². The highest BCUT2D eigenvalue weighted by Gasteiger charge is 2.08. The molecule has 0 spiro atoms. The first-order valence-electron chi connectivity index (χ1n) is 5.25. The summed E-state index contributed by atoms with van der Waals surface area (Å²) in [5.41, 5.74) is 2.23. The lowest BCUT2D eigenvalue weighted by atomic mass is 10.2. The molecule has 0 bridgehead atoms. The van der Waals surface area contributed by atoms with Crippen molar-refractivity contribution in [2.75, 3.05) is 5.32 Å². The Hall–Kier alpha value is -1.39. The lowest BCUT2D eigenvalue weighted by Gasteiger charge is -2.08. The Labute approximate surface area is 118 Å². The Morgan fingerprint density at radius 2 is 2.11 bits per heavy atom. The number of hydrogen-bond acceptors (Lipinski definition) is 2. The molecular formula is C13H10BrClN2O. The van der Waals surface area contributed by atoms with Gasteiger partial charge in [-0.3, -0.25) is 4.79 Å². The molecule has 18 heavy (non-hydrogen) atoms. The smallest absolute Gasteiger partial charge is 0.257 e. The van der Waals surface area contributed by atoms with E-state index >= 15 is 0 Å². The molecule has 1 N–H and O–H groups in total. The summed E-state index contributed by atoms with van der Waals surface area (Å²) in [6.07, 6.45) is 1.45. The first-order valence-corrected chi connectivity index (χ1v) is 6.42. The molecule has 5 heteroatoms. The molecule has 0 saturated heterocycles. The van der Waals surface area contributed by atoms with E-state index < -0.39 is 0 Å². The van der Waals surface area contributed by atoms with Crippen molar-refractivity contribution in [2.24, 2.45) is 0 Å². The number of carbonyl (C=O) groups is 1. The minimum atomic E-state index is -0.208. The van der Waals surface area contributed by atoms with Gasteiger partial charge in [0.25, 0.3) is 5.91 Å². The van der Waals surface area contributed by atoms with Crippen molar-refractivity contribution in [1.29, 1.82) is 0 Å². The number of halogens is 2. The van der Waals surface area contributed by atoms with Crippen LogP contribution in [0.4, 0.5) is 5.69 Å². The van der Waals surface area contributed by atoms with Gasteiger partial charge in [-0.1, -0.05) is 33.6 Å². The monoisotopic (exact) mass is 324 g/mol. The second-order valence-electron chi connectivity index (χ2n) is 3.78. The van der Waals surface area contributed by atoms with Crippen LogP contribution < -0.4 is 5.32 Å². The van der Waals surface area contributed by atoms with Gasteiger partial charge in [0.05, 0.1) is 5.56 Å². The molecule has 0 radical (unpaired) electrons. The van der Waals surface area contributed by atoms with Crippen LogP contribution in [0.2, 0.25) is 5.15 Å². The zero-order valence-electron chi connectivity index (χ0n) is 9.58. The van der Waals surface area contributed by atoms with E-state index in [9.17, 15) is 4.79 Å². The number of benzene rings is 1. The third kappa shape index (κ3) is 3.09. The third-order valence-electron chi connectivity index (χ3n) is 2.44. The number of nitrogens with one attached hydrogen (secondary N) is 1. The van der Waals surface area contributed by atoms with Crippen molar-refractivity contribution in [1.82, 2.24) is 4.98 Å². The van der Waals surface area contributed by atoms with Crippen molar-refractivity contribution in [3.05, 3.63) is 57.3 Å². The fourth-order valence-corrected chi connectivity index (χ4v) is 1.91. The van der Waals surface area contributed by atoms with Crippen LogP contribution in [0.5, 0.6) is 0 Å². The van der Waals surface area contributed by atoms with Crippen LogP contribution in [-0.2, 0) is 0 Å². The summed E-state index contributed by atoms with van der Waals surface area (Å²) < 4.78 is 0.914. The third-order valence-corrected chi connectivity index (χ3v) is 3.15. The maximum atomic E-state index is 12.0.